The molecule has 1 heterocycles. The van der Waals surface area contributed by atoms with Crippen molar-refractivity contribution in [3.05, 3.63) is 82.6 Å². The van der Waals surface area contributed by atoms with Crippen LogP contribution >= 0.6 is 11.6 Å². The van der Waals surface area contributed by atoms with Crippen molar-refractivity contribution in [2.75, 3.05) is 4.90 Å². The molecule has 3 N–H and O–H groups in total. The monoisotopic (exact) mass is 409 g/mol. The van der Waals surface area contributed by atoms with Gasteiger partial charge in [0.15, 0.2) is 5.75 Å². The molecule has 0 aliphatic rings. The Morgan fingerprint density at radius 3 is 2.38 bits per heavy atom. The summed E-state index contributed by atoms with van der Waals surface area (Å²) < 4.78 is 0. The van der Waals surface area contributed by atoms with E-state index < -0.39 is 5.91 Å². The molecule has 3 aromatic rings. The average Bonchev–Trinajstić information content (AvgIpc) is 2.67. The van der Waals surface area contributed by atoms with Gasteiger partial charge in [-0.25, -0.2) is 0 Å². The minimum atomic E-state index is -0.691. The number of nitrogens with two attached hydrogens (primary N) is 1. The van der Waals surface area contributed by atoms with Gasteiger partial charge in [-0.2, -0.15) is 0 Å². The first-order chi connectivity index (χ1) is 13.7. The Morgan fingerprint density at radius 1 is 1.10 bits per heavy atom. The van der Waals surface area contributed by atoms with Crippen LogP contribution in [0.1, 0.15) is 42.4 Å². The van der Waals surface area contributed by atoms with Crippen LogP contribution in [0.15, 0.2) is 60.8 Å². The third-order valence-corrected chi connectivity index (χ3v) is 5.10. The standard InChI is InChI=1S/C23H24ClN3O2/c1-23(2,3)15-9-11-16(12-10-15)27(14-19-18(24)7-5-13-26-19)20-8-4-6-17(21(20)28)22(25)29/h4-13,28H,14H2,1-3H3,(H2,25,29). The fraction of sp³-hybridized carbons (Fsp3) is 0.217. The van der Waals surface area contributed by atoms with Gasteiger partial charge >= 0.3 is 0 Å². The van der Waals surface area contributed by atoms with Gasteiger partial charge in [-0.05, 0) is 47.4 Å². The second-order valence-electron chi connectivity index (χ2n) is 7.85. The number of carbonyl (C=O) groups excluding carboxylic acids is 1. The number of amides is 1. The number of phenols is 1. The molecule has 0 bridgehead atoms. The van der Waals surface area contributed by atoms with Gasteiger partial charge in [0.1, 0.15) is 0 Å². The van der Waals surface area contributed by atoms with Crippen molar-refractivity contribution in [2.24, 2.45) is 5.73 Å². The van der Waals surface area contributed by atoms with Crippen LogP contribution in [0.3, 0.4) is 0 Å². The summed E-state index contributed by atoms with van der Waals surface area (Å²) in [5, 5.41) is 11.2. The predicted octanol–water partition coefficient (Wildman–Crippen LogP) is 5.18. The third kappa shape index (κ3) is 4.51. The Bertz CT molecular complexity index is 1030. The molecule has 150 valence electrons. The Hall–Kier alpha value is -3.05. The quantitative estimate of drug-likeness (QED) is 0.608. The summed E-state index contributed by atoms with van der Waals surface area (Å²) in [7, 11) is 0. The highest BCUT2D eigenvalue weighted by Crippen LogP contribution is 2.38. The molecule has 0 atom stereocenters. The predicted molar refractivity (Wildman–Crippen MR) is 117 cm³/mol. The molecule has 2 aromatic carbocycles. The smallest absolute Gasteiger partial charge is 0.252 e. The fourth-order valence-electron chi connectivity index (χ4n) is 3.09. The molecule has 0 unspecified atom stereocenters. The van der Waals surface area contributed by atoms with Gasteiger partial charge in [0.05, 0.1) is 28.5 Å². The van der Waals surface area contributed by atoms with E-state index in [1.807, 2.05) is 17.0 Å². The van der Waals surface area contributed by atoms with Crippen LogP contribution in [0.25, 0.3) is 0 Å². The number of nitrogens with zero attached hydrogens (tertiary/aromatic N) is 2. The van der Waals surface area contributed by atoms with Gasteiger partial charge in [-0.3, -0.25) is 9.78 Å². The number of benzene rings is 2. The van der Waals surface area contributed by atoms with Crippen molar-refractivity contribution in [3.63, 3.8) is 0 Å². The van der Waals surface area contributed by atoms with Crippen LogP contribution in [0, 0.1) is 0 Å². The summed E-state index contributed by atoms with van der Waals surface area (Å²) >= 11 is 6.32. The Balaban J connectivity index is 2.11. The van der Waals surface area contributed by atoms with Crippen LogP contribution in [-0.4, -0.2) is 16.0 Å². The molecule has 3 rings (SSSR count). The zero-order valence-electron chi connectivity index (χ0n) is 16.7. The molecule has 0 saturated heterocycles. The molecule has 6 heteroatoms. The highest BCUT2D eigenvalue weighted by Gasteiger charge is 2.21. The van der Waals surface area contributed by atoms with E-state index in [4.69, 9.17) is 17.3 Å². The van der Waals surface area contributed by atoms with E-state index in [1.165, 1.54) is 11.6 Å². The Kier molecular flexibility index (Phi) is 5.80. The van der Waals surface area contributed by atoms with Crippen LogP contribution in [0.4, 0.5) is 11.4 Å². The molecule has 0 fully saturated rings. The minimum Gasteiger partial charge on any atom is -0.505 e. The lowest BCUT2D eigenvalue weighted by Gasteiger charge is -2.27. The molecule has 0 saturated carbocycles. The second kappa shape index (κ2) is 8.13. The van der Waals surface area contributed by atoms with Crippen molar-refractivity contribution < 1.29 is 9.90 Å². The number of rotatable bonds is 5. The van der Waals surface area contributed by atoms with Gasteiger partial charge in [0, 0.05) is 11.9 Å². The zero-order valence-corrected chi connectivity index (χ0v) is 17.4. The molecule has 1 amide bonds. The topological polar surface area (TPSA) is 79.5 Å². The maximum Gasteiger partial charge on any atom is 0.252 e. The highest BCUT2D eigenvalue weighted by atomic mass is 35.5. The van der Waals surface area contributed by atoms with E-state index in [9.17, 15) is 9.90 Å². The van der Waals surface area contributed by atoms with Gasteiger partial charge in [0.2, 0.25) is 0 Å². The van der Waals surface area contributed by atoms with E-state index in [1.54, 1.807) is 30.5 Å². The van der Waals surface area contributed by atoms with Crippen LogP contribution in [0.2, 0.25) is 5.02 Å². The van der Waals surface area contributed by atoms with E-state index >= 15 is 0 Å². The number of pyridine rings is 1. The number of hydrogen-bond acceptors (Lipinski definition) is 4. The number of hydrogen-bond donors (Lipinski definition) is 2. The third-order valence-electron chi connectivity index (χ3n) is 4.76. The van der Waals surface area contributed by atoms with Crippen molar-refractivity contribution in [2.45, 2.75) is 32.7 Å². The van der Waals surface area contributed by atoms with Crippen LogP contribution in [-0.2, 0) is 12.0 Å². The van der Waals surface area contributed by atoms with Crippen molar-refractivity contribution >= 4 is 28.9 Å². The largest absolute Gasteiger partial charge is 0.505 e. The van der Waals surface area contributed by atoms with E-state index in [-0.39, 0.29) is 16.7 Å². The average molecular weight is 410 g/mol. The molecule has 0 spiro atoms. The number of carbonyl (C=O) groups is 1. The normalized spacial score (nSPS) is 11.3. The lowest BCUT2D eigenvalue weighted by atomic mass is 9.87. The van der Waals surface area contributed by atoms with Gasteiger partial charge < -0.3 is 15.7 Å². The van der Waals surface area contributed by atoms with Crippen molar-refractivity contribution in [3.8, 4) is 5.75 Å². The Morgan fingerprint density at radius 2 is 1.79 bits per heavy atom. The SMILES string of the molecule is CC(C)(C)c1ccc(N(Cc2ncccc2Cl)c2cccc(C(N)=O)c2O)cc1. The summed E-state index contributed by atoms with van der Waals surface area (Å²) in [5.41, 5.74) is 8.61. The molecule has 0 aliphatic carbocycles. The van der Waals surface area contributed by atoms with Crippen LogP contribution < -0.4 is 10.6 Å². The molecular formula is C23H24ClN3O2. The first-order valence-corrected chi connectivity index (χ1v) is 9.65. The van der Waals surface area contributed by atoms with E-state index in [2.05, 4.69) is 37.9 Å². The highest BCUT2D eigenvalue weighted by molar-refractivity contribution is 6.31. The first-order valence-electron chi connectivity index (χ1n) is 9.27. The van der Waals surface area contributed by atoms with Gasteiger partial charge in [-0.15, -0.1) is 0 Å². The molecule has 29 heavy (non-hydrogen) atoms. The number of aromatic nitrogens is 1. The van der Waals surface area contributed by atoms with E-state index in [0.29, 0.717) is 22.9 Å². The molecule has 5 nitrogen and oxygen atoms in total. The maximum atomic E-state index is 11.7. The molecular weight excluding hydrogens is 386 g/mol. The van der Waals surface area contributed by atoms with Crippen molar-refractivity contribution in [1.29, 1.82) is 0 Å². The number of anilines is 2. The molecule has 0 aliphatic heterocycles. The van der Waals surface area contributed by atoms with Gasteiger partial charge in [0.25, 0.3) is 5.91 Å². The summed E-state index contributed by atoms with van der Waals surface area (Å²) in [4.78, 5) is 17.9. The molecule has 1 aromatic heterocycles. The lowest BCUT2D eigenvalue weighted by molar-refractivity contribution is 0.0998. The lowest BCUT2D eigenvalue weighted by Crippen LogP contribution is -2.20. The zero-order chi connectivity index (χ0) is 21.2. The number of primary amides is 1. The summed E-state index contributed by atoms with van der Waals surface area (Å²) in [5.74, 6) is -0.866. The Labute approximate surface area is 175 Å². The second-order valence-corrected chi connectivity index (χ2v) is 8.26. The summed E-state index contributed by atoms with van der Waals surface area (Å²) in [6, 6.07) is 16.5. The molecule has 0 radical (unpaired) electrons. The van der Waals surface area contributed by atoms with Crippen LogP contribution in [0.5, 0.6) is 5.75 Å². The number of para-hydroxylation sites is 1. The maximum absolute atomic E-state index is 11.7. The summed E-state index contributed by atoms with van der Waals surface area (Å²) in [6.07, 6.45) is 1.67. The number of halogens is 1. The van der Waals surface area contributed by atoms with Crippen molar-refractivity contribution in [1.82, 2.24) is 4.98 Å². The van der Waals surface area contributed by atoms with Gasteiger partial charge in [-0.1, -0.05) is 50.6 Å². The summed E-state index contributed by atoms with van der Waals surface area (Å²) in [6.45, 7) is 6.76. The fourth-order valence-corrected chi connectivity index (χ4v) is 3.27. The first kappa shape index (κ1) is 20.7. The number of aromatic hydroxyl groups is 1. The van der Waals surface area contributed by atoms with E-state index in [0.717, 1.165) is 5.69 Å². The minimum absolute atomic E-state index is 0.0156.